The lowest BCUT2D eigenvalue weighted by molar-refractivity contribution is -0.117. The van der Waals surface area contributed by atoms with E-state index in [4.69, 9.17) is 0 Å². The van der Waals surface area contributed by atoms with Gasteiger partial charge in [-0.15, -0.1) is 0 Å². The third-order valence-corrected chi connectivity index (χ3v) is 3.41. The molecule has 0 spiro atoms. The van der Waals surface area contributed by atoms with Crippen LogP contribution in [-0.2, 0) is 18.3 Å². The molecule has 1 heterocycles. The van der Waals surface area contributed by atoms with Gasteiger partial charge in [-0.2, -0.15) is 5.10 Å². The lowest BCUT2D eigenvalue weighted by atomic mass is 10.2. The van der Waals surface area contributed by atoms with Crippen molar-refractivity contribution in [1.82, 2.24) is 15.1 Å². The number of hydrogen-bond donors (Lipinski definition) is 1. The minimum Gasteiger partial charge on any atom is -0.310 e. The van der Waals surface area contributed by atoms with E-state index in [1.807, 2.05) is 14.0 Å². The van der Waals surface area contributed by atoms with Gasteiger partial charge in [0, 0.05) is 7.05 Å². The molecule has 1 N–H and O–H groups in total. The molecular formula is C11H18BrN3O. The number of carbonyl (C=O) groups is 1. The molecule has 0 fully saturated rings. The van der Waals surface area contributed by atoms with Gasteiger partial charge >= 0.3 is 0 Å². The standard InChI is InChI=1S/C11H18BrN3O/c1-4-5-13-7-9(16)6-10-11(12)8(2)14-15(10)3/h13H,4-7H2,1-3H3. The molecule has 0 aliphatic rings. The van der Waals surface area contributed by atoms with Gasteiger partial charge in [0.05, 0.1) is 28.8 Å². The molecule has 1 rings (SSSR count). The van der Waals surface area contributed by atoms with Crippen LogP contribution in [0, 0.1) is 6.92 Å². The Labute approximate surface area is 105 Å². The van der Waals surface area contributed by atoms with Crippen molar-refractivity contribution in [2.45, 2.75) is 26.7 Å². The highest BCUT2D eigenvalue weighted by molar-refractivity contribution is 9.10. The number of carbonyl (C=O) groups excluding carboxylic acids is 1. The van der Waals surface area contributed by atoms with Crippen molar-refractivity contribution in [3.63, 3.8) is 0 Å². The molecule has 4 nitrogen and oxygen atoms in total. The van der Waals surface area contributed by atoms with Crippen LogP contribution in [0.2, 0.25) is 0 Å². The summed E-state index contributed by atoms with van der Waals surface area (Å²) in [6.45, 7) is 5.33. The highest BCUT2D eigenvalue weighted by atomic mass is 79.9. The zero-order valence-electron chi connectivity index (χ0n) is 10.0. The summed E-state index contributed by atoms with van der Waals surface area (Å²) in [4.78, 5) is 11.7. The number of nitrogens with zero attached hydrogens (tertiary/aromatic N) is 2. The van der Waals surface area contributed by atoms with E-state index in [9.17, 15) is 4.79 Å². The average molecular weight is 288 g/mol. The van der Waals surface area contributed by atoms with Crippen LogP contribution in [0.15, 0.2) is 4.47 Å². The van der Waals surface area contributed by atoms with Gasteiger partial charge < -0.3 is 5.32 Å². The highest BCUT2D eigenvalue weighted by Crippen LogP contribution is 2.20. The van der Waals surface area contributed by atoms with Crippen molar-refractivity contribution in [3.05, 3.63) is 15.9 Å². The van der Waals surface area contributed by atoms with Crippen LogP contribution < -0.4 is 5.32 Å². The van der Waals surface area contributed by atoms with Gasteiger partial charge in [0.15, 0.2) is 5.78 Å². The molecule has 0 saturated carbocycles. The van der Waals surface area contributed by atoms with Crippen molar-refractivity contribution in [1.29, 1.82) is 0 Å². The summed E-state index contributed by atoms with van der Waals surface area (Å²) >= 11 is 3.46. The summed E-state index contributed by atoms with van der Waals surface area (Å²) in [5.74, 6) is 0.192. The maximum Gasteiger partial charge on any atom is 0.152 e. The third-order valence-electron chi connectivity index (χ3n) is 2.38. The smallest absolute Gasteiger partial charge is 0.152 e. The van der Waals surface area contributed by atoms with Crippen LogP contribution in [-0.4, -0.2) is 28.7 Å². The normalized spacial score (nSPS) is 10.8. The third kappa shape index (κ3) is 3.42. The second-order valence-electron chi connectivity index (χ2n) is 3.86. The number of ketones is 1. The first-order chi connectivity index (χ1) is 7.56. The number of hydrogen-bond acceptors (Lipinski definition) is 3. The predicted molar refractivity (Wildman–Crippen MR) is 67.5 cm³/mol. The van der Waals surface area contributed by atoms with Crippen LogP contribution in [0.5, 0.6) is 0 Å². The van der Waals surface area contributed by atoms with Crippen LogP contribution in [0.4, 0.5) is 0 Å². The fourth-order valence-electron chi connectivity index (χ4n) is 1.53. The van der Waals surface area contributed by atoms with Crippen LogP contribution in [0.1, 0.15) is 24.7 Å². The number of aromatic nitrogens is 2. The van der Waals surface area contributed by atoms with E-state index in [2.05, 4.69) is 33.3 Å². The Morgan fingerprint density at radius 3 is 2.75 bits per heavy atom. The molecule has 5 heteroatoms. The Morgan fingerprint density at radius 2 is 2.25 bits per heavy atom. The van der Waals surface area contributed by atoms with E-state index in [1.54, 1.807) is 4.68 Å². The summed E-state index contributed by atoms with van der Waals surface area (Å²) in [5, 5.41) is 7.36. The monoisotopic (exact) mass is 287 g/mol. The fraction of sp³-hybridized carbons (Fsp3) is 0.636. The van der Waals surface area contributed by atoms with Crippen molar-refractivity contribution in [3.8, 4) is 0 Å². The first-order valence-corrected chi connectivity index (χ1v) is 6.26. The van der Waals surface area contributed by atoms with E-state index >= 15 is 0 Å². The zero-order chi connectivity index (χ0) is 12.1. The lowest BCUT2D eigenvalue weighted by Crippen LogP contribution is -2.25. The molecule has 0 unspecified atom stereocenters. The summed E-state index contributed by atoms with van der Waals surface area (Å²) in [6.07, 6.45) is 1.47. The minimum atomic E-state index is 0.192. The van der Waals surface area contributed by atoms with E-state index < -0.39 is 0 Å². The van der Waals surface area contributed by atoms with Crippen molar-refractivity contribution in [2.75, 3.05) is 13.1 Å². The molecule has 90 valence electrons. The van der Waals surface area contributed by atoms with Crippen LogP contribution in [0.3, 0.4) is 0 Å². The molecular weight excluding hydrogens is 270 g/mol. The molecule has 0 aliphatic carbocycles. The molecule has 0 aliphatic heterocycles. The Morgan fingerprint density at radius 1 is 1.56 bits per heavy atom. The van der Waals surface area contributed by atoms with Gasteiger partial charge in [-0.25, -0.2) is 0 Å². The number of Topliss-reactive ketones (excluding diaryl/α,β-unsaturated/α-hetero) is 1. The van der Waals surface area contributed by atoms with Gasteiger partial charge in [0.1, 0.15) is 0 Å². The fourth-order valence-corrected chi connectivity index (χ4v) is 2.00. The number of nitrogens with one attached hydrogen (secondary N) is 1. The average Bonchev–Trinajstić information content (AvgIpc) is 2.46. The molecule has 1 aromatic rings. The molecule has 0 amide bonds. The topological polar surface area (TPSA) is 46.9 Å². The van der Waals surface area contributed by atoms with E-state index in [0.29, 0.717) is 13.0 Å². The van der Waals surface area contributed by atoms with Gasteiger partial charge in [-0.3, -0.25) is 9.48 Å². The molecule has 16 heavy (non-hydrogen) atoms. The lowest BCUT2D eigenvalue weighted by Gasteiger charge is -2.04. The molecule has 0 radical (unpaired) electrons. The number of halogens is 1. The largest absolute Gasteiger partial charge is 0.310 e. The first-order valence-electron chi connectivity index (χ1n) is 5.46. The summed E-state index contributed by atoms with van der Waals surface area (Å²) in [7, 11) is 1.86. The van der Waals surface area contributed by atoms with E-state index in [-0.39, 0.29) is 5.78 Å². The second-order valence-corrected chi connectivity index (χ2v) is 4.65. The maximum atomic E-state index is 11.7. The SMILES string of the molecule is CCCNCC(=O)Cc1c(Br)c(C)nn1C. The molecule has 1 aromatic heterocycles. The number of rotatable bonds is 6. The summed E-state index contributed by atoms with van der Waals surface area (Å²) in [6, 6.07) is 0. The predicted octanol–water partition coefficient (Wildman–Crippen LogP) is 1.60. The van der Waals surface area contributed by atoms with Gasteiger partial charge in [-0.05, 0) is 35.8 Å². The first kappa shape index (κ1) is 13.4. The quantitative estimate of drug-likeness (QED) is 0.809. The Bertz CT molecular complexity index is 374. The van der Waals surface area contributed by atoms with Crippen molar-refractivity contribution >= 4 is 21.7 Å². The molecule has 0 saturated heterocycles. The molecule has 0 atom stereocenters. The molecule has 0 bridgehead atoms. The van der Waals surface area contributed by atoms with Crippen molar-refractivity contribution in [2.24, 2.45) is 7.05 Å². The Kier molecular flexibility index (Phi) is 5.15. The summed E-state index contributed by atoms with van der Waals surface area (Å²) in [5.41, 5.74) is 1.87. The van der Waals surface area contributed by atoms with Gasteiger partial charge in [0.2, 0.25) is 0 Å². The van der Waals surface area contributed by atoms with Crippen LogP contribution in [0.25, 0.3) is 0 Å². The Balaban J connectivity index is 2.56. The van der Waals surface area contributed by atoms with E-state index in [1.165, 1.54) is 0 Å². The number of aryl methyl sites for hydroxylation is 2. The van der Waals surface area contributed by atoms with Crippen LogP contribution >= 0.6 is 15.9 Å². The zero-order valence-corrected chi connectivity index (χ0v) is 11.6. The maximum absolute atomic E-state index is 11.7. The van der Waals surface area contributed by atoms with Gasteiger partial charge in [0.25, 0.3) is 0 Å². The van der Waals surface area contributed by atoms with Crippen molar-refractivity contribution < 1.29 is 4.79 Å². The van der Waals surface area contributed by atoms with E-state index in [0.717, 1.165) is 28.8 Å². The Hall–Kier alpha value is -0.680. The van der Waals surface area contributed by atoms with Gasteiger partial charge in [-0.1, -0.05) is 6.92 Å². The second kappa shape index (κ2) is 6.15. The summed E-state index contributed by atoms with van der Waals surface area (Å²) < 4.78 is 2.70. The highest BCUT2D eigenvalue weighted by Gasteiger charge is 2.13. The minimum absolute atomic E-state index is 0.192. The molecule has 0 aromatic carbocycles.